The smallest absolute Gasteiger partial charge is 0.164 e. The van der Waals surface area contributed by atoms with Crippen molar-refractivity contribution in [3.63, 3.8) is 0 Å². The zero-order valence-corrected chi connectivity index (χ0v) is 10.9. The third-order valence-electron chi connectivity index (χ3n) is 1.76. The monoisotopic (exact) mass is 292 g/mol. The van der Waals surface area contributed by atoms with Gasteiger partial charge in [-0.05, 0) is 24.5 Å². The van der Waals surface area contributed by atoms with Gasteiger partial charge < -0.3 is 0 Å². The Balaban J connectivity index is 2.83. The van der Waals surface area contributed by atoms with Gasteiger partial charge in [0.25, 0.3) is 0 Å². The van der Waals surface area contributed by atoms with E-state index in [-0.39, 0.29) is 5.78 Å². The second-order valence-electron chi connectivity index (χ2n) is 2.79. The minimum absolute atomic E-state index is 0.133. The number of ketones is 1. The molecule has 0 aliphatic carbocycles. The standard InChI is InChI=1S/C10H10BrClOS/c1-14-5-4-10(13)8-6-7(12)2-3-9(8)11/h2-3,6H,4-5H2,1H3. The summed E-state index contributed by atoms with van der Waals surface area (Å²) in [7, 11) is 0. The zero-order chi connectivity index (χ0) is 10.6. The van der Waals surface area contributed by atoms with Crippen molar-refractivity contribution in [1.29, 1.82) is 0 Å². The van der Waals surface area contributed by atoms with E-state index in [1.807, 2.05) is 6.26 Å². The molecule has 0 saturated carbocycles. The van der Waals surface area contributed by atoms with Gasteiger partial charge in [-0.25, -0.2) is 0 Å². The first-order valence-corrected chi connectivity index (χ1v) is 6.69. The van der Waals surface area contributed by atoms with Gasteiger partial charge in [-0.1, -0.05) is 27.5 Å². The molecular weight excluding hydrogens is 284 g/mol. The first-order chi connectivity index (χ1) is 6.65. The number of hydrogen-bond donors (Lipinski definition) is 0. The van der Waals surface area contributed by atoms with Crippen LogP contribution in [0.1, 0.15) is 16.8 Å². The molecule has 4 heteroatoms. The second-order valence-corrected chi connectivity index (χ2v) is 5.07. The molecule has 76 valence electrons. The SMILES string of the molecule is CSCCC(=O)c1cc(Cl)ccc1Br. The van der Waals surface area contributed by atoms with E-state index in [1.54, 1.807) is 30.0 Å². The average Bonchev–Trinajstić information content (AvgIpc) is 2.18. The molecule has 1 rings (SSSR count). The van der Waals surface area contributed by atoms with Crippen molar-refractivity contribution < 1.29 is 4.79 Å². The Kier molecular flexibility index (Phi) is 4.99. The Labute approximate surface area is 101 Å². The summed E-state index contributed by atoms with van der Waals surface area (Å²) >= 11 is 10.8. The lowest BCUT2D eigenvalue weighted by Crippen LogP contribution is -2.01. The Morgan fingerprint density at radius 1 is 1.57 bits per heavy atom. The van der Waals surface area contributed by atoms with Crippen LogP contribution in [-0.2, 0) is 0 Å². The fraction of sp³-hybridized carbons (Fsp3) is 0.300. The van der Waals surface area contributed by atoms with Gasteiger partial charge in [-0.2, -0.15) is 11.8 Å². The molecule has 0 radical (unpaired) electrons. The van der Waals surface area contributed by atoms with Crippen molar-refractivity contribution in [1.82, 2.24) is 0 Å². The van der Waals surface area contributed by atoms with Crippen LogP contribution in [0.5, 0.6) is 0 Å². The first-order valence-electron chi connectivity index (χ1n) is 4.12. The largest absolute Gasteiger partial charge is 0.294 e. The molecule has 1 nitrogen and oxygen atoms in total. The van der Waals surface area contributed by atoms with E-state index in [4.69, 9.17) is 11.6 Å². The Morgan fingerprint density at radius 2 is 2.29 bits per heavy atom. The normalized spacial score (nSPS) is 10.2. The van der Waals surface area contributed by atoms with Crippen LogP contribution in [0.2, 0.25) is 5.02 Å². The lowest BCUT2D eigenvalue weighted by molar-refractivity contribution is 0.0989. The number of hydrogen-bond acceptors (Lipinski definition) is 2. The third-order valence-corrected chi connectivity index (χ3v) is 3.30. The highest BCUT2D eigenvalue weighted by Gasteiger charge is 2.09. The molecule has 0 amide bonds. The van der Waals surface area contributed by atoms with Crippen molar-refractivity contribution in [2.24, 2.45) is 0 Å². The van der Waals surface area contributed by atoms with Gasteiger partial charge in [0.2, 0.25) is 0 Å². The van der Waals surface area contributed by atoms with Gasteiger partial charge >= 0.3 is 0 Å². The molecule has 0 N–H and O–H groups in total. The van der Waals surface area contributed by atoms with Crippen LogP contribution >= 0.6 is 39.3 Å². The summed E-state index contributed by atoms with van der Waals surface area (Å²) in [6, 6.07) is 5.26. The maximum atomic E-state index is 11.7. The molecule has 0 aromatic heterocycles. The number of benzene rings is 1. The maximum Gasteiger partial charge on any atom is 0.164 e. The van der Waals surface area contributed by atoms with E-state index in [9.17, 15) is 4.79 Å². The molecule has 1 aromatic carbocycles. The lowest BCUT2D eigenvalue weighted by Gasteiger charge is -2.03. The van der Waals surface area contributed by atoms with Gasteiger partial charge in [-0.15, -0.1) is 0 Å². The quantitative estimate of drug-likeness (QED) is 0.779. The van der Waals surface area contributed by atoms with Crippen molar-refractivity contribution in [3.05, 3.63) is 33.3 Å². The van der Waals surface area contributed by atoms with E-state index >= 15 is 0 Å². The van der Waals surface area contributed by atoms with Crippen LogP contribution in [-0.4, -0.2) is 17.8 Å². The average molecular weight is 294 g/mol. The summed E-state index contributed by atoms with van der Waals surface area (Å²) in [5.74, 6) is 0.978. The number of rotatable bonds is 4. The van der Waals surface area contributed by atoms with Crippen molar-refractivity contribution in [2.75, 3.05) is 12.0 Å². The summed E-state index contributed by atoms with van der Waals surface area (Å²) in [6.07, 6.45) is 2.54. The minimum Gasteiger partial charge on any atom is -0.294 e. The summed E-state index contributed by atoms with van der Waals surface area (Å²) in [6.45, 7) is 0. The topological polar surface area (TPSA) is 17.1 Å². The van der Waals surface area contributed by atoms with Crippen molar-refractivity contribution in [3.8, 4) is 0 Å². The van der Waals surface area contributed by atoms with E-state index in [0.717, 1.165) is 10.2 Å². The number of carbonyl (C=O) groups excluding carboxylic acids is 1. The van der Waals surface area contributed by atoms with Crippen LogP contribution < -0.4 is 0 Å². The number of halogens is 2. The van der Waals surface area contributed by atoms with E-state index in [0.29, 0.717) is 17.0 Å². The predicted molar refractivity (Wildman–Crippen MR) is 66.5 cm³/mol. The Morgan fingerprint density at radius 3 is 2.93 bits per heavy atom. The Bertz CT molecular complexity index is 341. The van der Waals surface area contributed by atoms with Crippen molar-refractivity contribution >= 4 is 45.1 Å². The molecule has 0 spiro atoms. The molecule has 0 aliphatic rings. The first kappa shape index (κ1) is 12.1. The summed E-state index contributed by atoms with van der Waals surface area (Å²) in [4.78, 5) is 11.7. The Hall–Kier alpha value is 0.01000. The van der Waals surface area contributed by atoms with E-state index < -0.39 is 0 Å². The van der Waals surface area contributed by atoms with E-state index in [1.165, 1.54) is 0 Å². The molecular formula is C10H10BrClOS. The maximum absolute atomic E-state index is 11.7. The van der Waals surface area contributed by atoms with Gasteiger partial charge in [0.15, 0.2) is 5.78 Å². The molecule has 0 fully saturated rings. The van der Waals surface area contributed by atoms with Gasteiger partial charge in [0.1, 0.15) is 0 Å². The highest BCUT2D eigenvalue weighted by atomic mass is 79.9. The summed E-state index contributed by atoms with van der Waals surface area (Å²) in [5, 5.41) is 0.598. The lowest BCUT2D eigenvalue weighted by atomic mass is 10.1. The fourth-order valence-corrected chi connectivity index (χ4v) is 2.07. The predicted octanol–water partition coefficient (Wildman–Crippen LogP) is 4.04. The van der Waals surface area contributed by atoms with Gasteiger partial charge in [-0.3, -0.25) is 4.79 Å². The molecule has 0 atom stereocenters. The molecule has 14 heavy (non-hydrogen) atoms. The molecule has 0 bridgehead atoms. The minimum atomic E-state index is 0.133. The zero-order valence-electron chi connectivity index (χ0n) is 7.72. The van der Waals surface area contributed by atoms with Gasteiger partial charge in [0, 0.05) is 27.2 Å². The van der Waals surface area contributed by atoms with Gasteiger partial charge in [0.05, 0.1) is 0 Å². The van der Waals surface area contributed by atoms with Crippen LogP contribution in [0.4, 0.5) is 0 Å². The molecule has 0 unspecified atom stereocenters. The van der Waals surface area contributed by atoms with Crippen LogP contribution in [0.15, 0.2) is 22.7 Å². The second kappa shape index (κ2) is 5.79. The highest BCUT2D eigenvalue weighted by Crippen LogP contribution is 2.22. The molecule has 0 heterocycles. The molecule has 0 aliphatic heterocycles. The van der Waals surface area contributed by atoms with Crippen LogP contribution in [0, 0.1) is 0 Å². The van der Waals surface area contributed by atoms with Crippen molar-refractivity contribution in [2.45, 2.75) is 6.42 Å². The molecule has 0 saturated heterocycles. The van der Waals surface area contributed by atoms with Crippen LogP contribution in [0.25, 0.3) is 0 Å². The van der Waals surface area contributed by atoms with E-state index in [2.05, 4.69) is 15.9 Å². The highest BCUT2D eigenvalue weighted by molar-refractivity contribution is 9.10. The van der Waals surface area contributed by atoms with Crippen LogP contribution in [0.3, 0.4) is 0 Å². The summed E-state index contributed by atoms with van der Waals surface area (Å²) < 4.78 is 0.813. The third kappa shape index (κ3) is 3.30. The summed E-state index contributed by atoms with van der Waals surface area (Å²) in [5.41, 5.74) is 0.673. The molecule has 1 aromatic rings. The fourth-order valence-electron chi connectivity index (χ4n) is 1.04. The number of carbonyl (C=O) groups is 1. The number of thioether (sulfide) groups is 1. The number of Topliss-reactive ketones (excluding diaryl/α,β-unsaturated/α-hetero) is 1.